The van der Waals surface area contributed by atoms with Gasteiger partial charge in [0.25, 0.3) is 0 Å². The van der Waals surface area contributed by atoms with E-state index < -0.39 is 0 Å². The molecule has 0 aliphatic carbocycles. The summed E-state index contributed by atoms with van der Waals surface area (Å²) in [6.45, 7) is 1.74. The van der Waals surface area contributed by atoms with Gasteiger partial charge in [-0.1, -0.05) is 6.07 Å². The van der Waals surface area contributed by atoms with Gasteiger partial charge in [0, 0.05) is 12.3 Å². The number of nitrogens with two attached hydrogens (primary N) is 1. The molecule has 0 atom stereocenters. The molecule has 2 aromatic rings. The van der Waals surface area contributed by atoms with Crippen LogP contribution in [-0.4, -0.2) is 35.5 Å². The minimum Gasteiger partial charge on any atom is -0.439 e. The highest BCUT2D eigenvalue weighted by Gasteiger charge is 2.09. The minimum absolute atomic E-state index is 0.671. The topological polar surface area (TPSA) is 55.3 Å². The van der Waals surface area contributed by atoms with Crippen LogP contribution >= 0.6 is 11.8 Å². The Bertz CT molecular complexity index is 497. The van der Waals surface area contributed by atoms with Crippen molar-refractivity contribution in [3.8, 4) is 0 Å². The molecule has 92 valence electrons. The molecule has 0 amide bonds. The molecule has 17 heavy (non-hydrogen) atoms. The van der Waals surface area contributed by atoms with Crippen LogP contribution in [0.15, 0.2) is 22.6 Å². The van der Waals surface area contributed by atoms with Gasteiger partial charge in [0.2, 0.25) is 5.89 Å². The van der Waals surface area contributed by atoms with Crippen LogP contribution in [-0.2, 0) is 6.54 Å². The fourth-order valence-corrected chi connectivity index (χ4v) is 2.13. The van der Waals surface area contributed by atoms with Crippen molar-refractivity contribution < 1.29 is 4.42 Å². The molecule has 0 unspecified atom stereocenters. The van der Waals surface area contributed by atoms with Gasteiger partial charge in [0.1, 0.15) is 5.52 Å². The zero-order chi connectivity index (χ0) is 12.3. The van der Waals surface area contributed by atoms with E-state index in [1.54, 1.807) is 0 Å². The standard InChI is InChI=1S/C12H17N3OS/c1-15(6-7-17-2)8-11-14-12-9(13)4-3-5-10(12)16-11/h3-5H,6-8,13H2,1-2H3. The molecule has 1 aromatic carbocycles. The van der Waals surface area contributed by atoms with Crippen LogP contribution in [0.25, 0.3) is 11.1 Å². The molecule has 1 heterocycles. The van der Waals surface area contributed by atoms with E-state index in [2.05, 4.69) is 23.2 Å². The van der Waals surface area contributed by atoms with Crippen molar-refractivity contribution in [2.24, 2.45) is 0 Å². The van der Waals surface area contributed by atoms with E-state index in [9.17, 15) is 0 Å². The van der Waals surface area contributed by atoms with E-state index in [-0.39, 0.29) is 0 Å². The van der Waals surface area contributed by atoms with Crippen LogP contribution in [0.3, 0.4) is 0 Å². The summed E-state index contributed by atoms with van der Waals surface area (Å²) >= 11 is 1.84. The summed E-state index contributed by atoms with van der Waals surface area (Å²) in [6.07, 6.45) is 2.11. The molecule has 0 saturated carbocycles. The molecular weight excluding hydrogens is 234 g/mol. The number of anilines is 1. The third kappa shape index (κ3) is 2.92. The minimum atomic E-state index is 0.671. The smallest absolute Gasteiger partial charge is 0.209 e. The lowest BCUT2D eigenvalue weighted by atomic mass is 10.3. The molecule has 0 bridgehead atoms. The molecule has 2 rings (SSSR count). The second kappa shape index (κ2) is 5.42. The van der Waals surface area contributed by atoms with Gasteiger partial charge >= 0.3 is 0 Å². The van der Waals surface area contributed by atoms with Crippen molar-refractivity contribution in [2.75, 3.05) is 31.3 Å². The Morgan fingerprint density at radius 3 is 3.00 bits per heavy atom. The summed E-state index contributed by atoms with van der Waals surface area (Å²) in [5.74, 6) is 1.83. The van der Waals surface area contributed by atoms with Gasteiger partial charge in [-0.2, -0.15) is 11.8 Å². The van der Waals surface area contributed by atoms with Crippen molar-refractivity contribution >= 4 is 28.5 Å². The summed E-state index contributed by atoms with van der Waals surface area (Å²) in [7, 11) is 2.06. The average Bonchev–Trinajstić information content (AvgIpc) is 2.70. The van der Waals surface area contributed by atoms with Crippen LogP contribution in [0.5, 0.6) is 0 Å². The zero-order valence-corrected chi connectivity index (χ0v) is 11.0. The van der Waals surface area contributed by atoms with Crippen molar-refractivity contribution in [3.05, 3.63) is 24.1 Å². The SMILES string of the molecule is CSCCN(C)Cc1nc2c(N)cccc2o1. The molecule has 0 spiro atoms. The number of benzene rings is 1. The van der Waals surface area contributed by atoms with Crippen LogP contribution in [0.1, 0.15) is 5.89 Å². The predicted octanol–water partition coefficient (Wildman–Crippen LogP) is 2.20. The summed E-state index contributed by atoms with van der Waals surface area (Å²) < 4.78 is 5.66. The first-order valence-electron chi connectivity index (χ1n) is 5.52. The van der Waals surface area contributed by atoms with E-state index in [0.29, 0.717) is 12.2 Å². The largest absolute Gasteiger partial charge is 0.439 e. The van der Waals surface area contributed by atoms with Gasteiger partial charge in [-0.05, 0) is 25.4 Å². The number of hydrogen-bond donors (Lipinski definition) is 1. The fourth-order valence-electron chi connectivity index (χ4n) is 1.64. The van der Waals surface area contributed by atoms with Gasteiger partial charge in [-0.15, -0.1) is 0 Å². The lowest BCUT2D eigenvalue weighted by Crippen LogP contribution is -2.20. The first kappa shape index (κ1) is 12.3. The Labute approximate surface area is 105 Å². The van der Waals surface area contributed by atoms with Gasteiger partial charge < -0.3 is 10.2 Å². The third-order valence-electron chi connectivity index (χ3n) is 2.58. The average molecular weight is 251 g/mol. The number of hydrogen-bond acceptors (Lipinski definition) is 5. The molecule has 0 saturated heterocycles. The number of nitrogens with zero attached hydrogens (tertiary/aromatic N) is 2. The second-order valence-electron chi connectivity index (χ2n) is 4.03. The molecule has 5 heteroatoms. The normalized spacial score (nSPS) is 11.5. The number of aromatic nitrogens is 1. The monoisotopic (exact) mass is 251 g/mol. The van der Waals surface area contributed by atoms with E-state index >= 15 is 0 Å². The number of para-hydroxylation sites is 1. The first-order valence-corrected chi connectivity index (χ1v) is 6.91. The zero-order valence-electron chi connectivity index (χ0n) is 10.1. The summed E-state index contributed by atoms with van der Waals surface area (Å²) in [6, 6.07) is 5.61. The Balaban J connectivity index is 2.11. The van der Waals surface area contributed by atoms with E-state index in [1.807, 2.05) is 30.0 Å². The quantitative estimate of drug-likeness (QED) is 0.826. The molecular formula is C12H17N3OS. The molecule has 0 fully saturated rings. The molecule has 0 aliphatic heterocycles. The Morgan fingerprint density at radius 1 is 1.47 bits per heavy atom. The van der Waals surface area contributed by atoms with Crippen molar-refractivity contribution in [2.45, 2.75) is 6.54 Å². The van der Waals surface area contributed by atoms with E-state index in [4.69, 9.17) is 10.2 Å². The maximum Gasteiger partial charge on any atom is 0.209 e. The van der Waals surface area contributed by atoms with Gasteiger partial charge in [-0.3, -0.25) is 4.90 Å². The number of nitrogen functional groups attached to an aromatic ring is 1. The molecule has 4 nitrogen and oxygen atoms in total. The predicted molar refractivity (Wildman–Crippen MR) is 73.1 cm³/mol. The maximum atomic E-state index is 5.84. The Kier molecular flexibility index (Phi) is 3.91. The van der Waals surface area contributed by atoms with Crippen molar-refractivity contribution in [1.29, 1.82) is 0 Å². The summed E-state index contributed by atoms with van der Waals surface area (Å²) in [5, 5.41) is 0. The maximum absolute atomic E-state index is 5.84. The van der Waals surface area contributed by atoms with Gasteiger partial charge in [-0.25, -0.2) is 4.98 Å². The van der Waals surface area contributed by atoms with Crippen LogP contribution in [0, 0.1) is 0 Å². The highest BCUT2D eigenvalue weighted by atomic mass is 32.2. The Morgan fingerprint density at radius 2 is 2.29 bits per heavy atom. The molecule has 0 aliphatic rings. The van der Waals surface area contributed by atoms with E-state index in [1.165, 1.54) is 0 Å². The third-order valence-corrected chi connectivity index (χ3v) is 3.17. The number of fused-ring (bicyclic) bond motifs is 1. The lowest BCUT2D eigenvalue weighted by Gasteiger charge is -2.12. The van der Waals surface area contributed by atoms with E-state index in [0.717, 1.165) is 29.3 Å². The molecule has 0 radical (unpaired) electrons. The lowest BCUT2D eigenvalue weighted by molar-refractivity contribution is 0.309. The molecule has 1 aromatic heterocycles. The van der Waals surface area contributed by atoms with Crippen LogP contribution < -0.4 is 5.73 Å². The Hall–Kier alpha value is -1.20. The van der Waals surface area contributed by atoms with Gasteiger partial charge in [0.05, 0.1) is 12.2 Å². The second-order valence-corrected chi connectivity index (χ2v) is 5.02. The summed E-state index contributed by atoms with van der Waals surface area (Å²) in [4.78, 5) is 6.61. The highest BCUT2D eigenvalue weighted by Crippen LogP contribution is 2.21. The highest BCUT2D eigenvalue weighted by molar-refractivity contribution is 7.98. The number of rotatable bonds is 5. The van der Waals surface area contributed by atoms with Crippen molar-refractivity contribution in [3.63, 3.8) is 0 Å². The number of thioether (sulfide) groups is 1. The first-order chi connectivity index (χ1) is 8.20. The number of oxazole rings is 1. The fraction of sp³-hybridized carbons (Fsp3) is 0.417. The van der Waals surface area contributed by atoms with Crippen LogP contribution in [0.2, 0.25) is 0 Å². The summed E-state index contributed by atoms with van der Waals surface area (Å²) in [5.41, 5.74) is 8.04. The van der Waals surface area contributed by atoms with Crippen molar-refractivity contribution in [1.82, 2.24) is 9.88 Å². The van der Waals surface area contributed by atoms with Crippen LogP contribution in [0.4, 0.5) is 5.69 Å². The van der Waals surface area contributed by atoms with Gasteiger partial charge in [0.15, 0.2) is 5.58 Å². The molecule has 2 N–H and O–H groups in total.